The first-order valence-corrected chi connectivity index (χ1v) is 5.21. The van der Waals surface area contributed by atoms with E-state index in [2.05, 4.69) is 20.8 Å². The molecule has 0 aromatic heterocycles. The Balaban J connectivity index is 2.67. The normalized spacial score (nSPS) is 30.9. The van der Waals surface area contributed by atoms with Crippen molar-refractivity contribution in [2.24, 2.45) is 17.3 Å². The number of hydrogen-bond acceptors (Lipinski definition) is 0. The fourth-order valence-corrected chi connectivity index (χ4v) is 2.54. The predicted molar refractivity (Wildman–Crippen MR) is 50.9 cm³/mol. The van der Waals surface area contributed by atoms with Crippen LogP contribution in [0, 0.1) is 17.3 Å². The number of hydrogen-bond donors (Lipinski definition) is 0. The van der Waals surface area contributed by atoms with Gasteiger partial charge in [0.05, 0.1) is 0 Å². The van der Waals surface area contributed by atoms with E-state index in [0.29, 0.717) is 0 Å². The van der Waals surface area contributed by atoms with Crippen molar-refractivity contribution in [2.75, 3.05) is 0 Å². The van der Waals surface area contributed by atoms with E-state index >= 15 is 0 Å². The minimum Gasteiger partial charge on any atom is -0.210 e. The maximum atomic E-state index is 12.7. The quantitative estimate of drug-likeness (QED) is 0.584. The van der Waals surface area contributed by atoms with Crippen LogP contribution in [-0.2, 0) is 0 Å². The van der Waals surface area contributed by atoms with Crippen molar-refractivity contribution in [2.45, 2.75) is 52.9 Å². The van der Waals surface area contributed by atoms with Gasteiger partial charge in [0.15, 0.2) is 0 Å². The third kappa shape index (κ3) is 2.65. The molecule has 0 bridgehead atoms. The molecule has 1 saturated carbocycles. The van der Waals surface area contributed by atoms with Crippen molar-refractivity contribution in [1.29, 1.82) is 0 Å². The van der Waals surface area contributed by atoms with Gasteiger partial charge in [-0.3, -0.25) is 0 Å². The molecule has 0 spiro atoms. The highest BCUT2D eigenvalue weighted by atomic mass is 19.3. The summed E-state index contributed by atoms with van der Waals surface area (Å²) in [4.78, 5) is 0. The van der Waals surface area contributed by atoms with Crippen molar-refractivity contribution >= 4 is 0 Å². The average molecular weight is 190 g/mol. The minimum atomic E-state index is -2.12. The molecule has 0 amide bonds. The zero-order valence-corrected chi connectivity index (χ0v) is 8.82. The molecular formula is C11H20F2. The van der Waals surface area contributed by atoms with Gasteiger partial charge in [0.2, 0.25) is 6.43 Å². The molecule has 0 N–H and O–H groups in total. The van der Waals surface area contributed by atoms with Crippen LogP contribution in [-0.4, -0.2) is 6.43 Å². The average Bonchev–Trinajstić information content (AvgIpc) is 2.03. The first-order valence-electron chi connectivity index (χ1n) is 5.21. The second-order valence-electron chi connectivity index (χ2n) is 5.26. The van der Waals surface area contributed by atoms with Crippen molar-refractivity contribution in [1.82, 2.24) is 0 Å². The zero-order valence-electron chi connectivity index (χ0n) is 8.82. The third-order valence-corrected chi connectivity index (χ3v) is 3.26. The maximum absolute atomic E-state index is 12.7. The first kappa shape index (κ1) is 10.9. The lowest BCUT2D eigenvalue weighted by Crippen LogP contribution is -2.34. The summed E-state index contributed by atoms with van der Waals surface area (Å²) in [6.45, 7) is 6.25. The van der Waals surface area contributed by atoms with Gasteiger partial charge in [0.1, 0.15) is 0 Å². The molecule has 2 heteroatoms. The van der Waals surface area contributed by atoms with Crippen LogP contribution in [0.3, 0.4) is 0 Å². The van der Waals surface area contributed by atoms with Crippen molar-refractivity contribution < 1.29 is 8.78 Å². The van der Waals surface area contributed by atoms with Gasteiger partial charge < -0.3 is 0 Å². The lowest BCUT2D eigenvalue weighted by Gasteiger charge is -2.40. The number of halogens is 2. The van der Waals surface area contributed by atoms with Crippen LogP contribution in [0.1, 0.15) is 46.5 Å². The molecule has 1 rings (SSSR count). The summed E-state index contributed by atoms with van der Waals surface area (Å²) >= 11 is 0. The molecule has 0 radical (unpaired) electrons. The second kappa shape index (κ2) is 3.93. The van der Waals surface area contributed by atoms with Crippen LogP contribution in [0.15, 0.2) is 0 Å². The second-order valence-corrected chi connectivity index (χ2v) is 5.26. The Morgan fingerprint density at radius 1 is 1.08 bits per heavy atom. The van der Waals surface area contributed by atoms with Gasteiger partial charge in [-0.05, 0) is 24.2 Å². The standard InChI is InChI=1S/C11H20F2/c1-11(2,3)9-7-5-4-6-8(9)10(12)13/h8-10H,4-7H2,1-3H3. The van der Waals surface area contributed by atoms with E-state index in [1.807, 2.05) is 0 Å². The Labute approximate surface area is 79.7 Å². The Kier molecular flexibility index (Phi) is 3.31. The van der Waals surface area contributed by atoms with Crippen LogP contribution in [0.25, 0.3) is 0 Å². The SMILES string of the molecule is CC(C)(C)C1CCCCC1C(F)F. The van der Waals surface area contributed by atoms with E-state index in [0.717, 1.165) is 25.7 Å². The third-order valence-electron chi connectivity index (χ3n) is 3.26. The molecule has 0 heterocycles. The summed E-state index contributed by atoms with van der Waals surface area (Å²) in [7, 11) is 0. The zero-order chi connectivity index (χ0) is 10.1. The molecule has 0 aliphatic heterocycles. The molecule has 78 valence electrons. The van der Waals surface area contributed by atoms with Crippen LogP contribution < -0.4 is 0 Å². The molecule has 2 unspecified atom stereocenters. The fourth-order valence-electron chi connectivity index (χ4n) is 2.54. The number of alkyl halides is 2. The van der Waals surface area contributed by atoms with Crippen molar-refractivity contribution in [3.8, 4) is 0 Å². The highest BCUT2D eigenvalue weighted by molar-refractivity contribution is 4.84. The summed E-state index contributed by atoms with van der Waals surface area (Å²) in [5.74, 6) is -0.144. The van der Waals surface area contributed by atoms with E-state index < -0.39 is 6.43 Å². The lowest BCUT2D eigenvalue weighted by atomic mass is 9.66. The molecule has 13 heavy (non-hydrogen) atoms. The maximum Gasteiger partial charge on any atom is 0.241 e. The summed E-state index contributed by atoms with van der Waals surface area (Å²) in [5, 5.41) is 0. The van der Waals surface area contributed by atoms with Crippen molar-refractivity contribution in [3.05, 3.63) is 0 Å². The molecule has 1 aliphatic carbocycles. The molecule has 0 aromatic rings. The van der Waals surface area contributed by atoms with Gasteiger partial charge in [-0.2, -0.15) is 0 Å². The smallest absolute Gasteiger partial charge is 0.210 e. The number of rotatable bonds is 1. The van der Waals surface area contributed by atoms with Gasteiger partial charge in [-0.25, -0.2) is 8.78 Å². The molecule has 1 aliphatic rings. The summed E-state index contributed by atoms with van der Waals surface area (Å²) in [6, 6.07) is 0. The Bertz CT molecular complexity index is 158. The molecule has 2 atom stereocenters. The topological polar surface area (TPSA) is 0 Å². The highest BCUT2D eigenvalue weighted by Gasteiger charge is 2.38. The highest BCUT2D eigenvalue weighted by Crippen LogP contribution is 2.44. The largest absolute Gasteiger partial charge is 0.241 e. The van der Waals surface area contributed by atoms with Gasteiger partial charge >= 0.3 is 0 Å². The van der Waals surface area contributed by atoms with Gasteiger partial charge in [0, 0.05) is 5.92 Å². The van der Waals surface area contributed by atoms with E-state index in [1.165, 1.54) is 0 Å². The Morgan fingerprint density at radius 3 is 2.00 bits per heavy atom. The van der Waals surface area contributed by atoms with E-state index in [4.69, 9.17) is 0 Å². The minimum absolute atomic E-state index is 0.0432. The van der Waals surface area contributed by atoms with E-state index in [-0.39, 0.29) is 17.3 Å². The van der Waals surface area contributed by atoms with Crippen molar-refractivity contribution in [3.63, 3.8) is 0 Å². The van der Waals surface area contributed by atoms with Crippen LogP contribution >= 0.6 is 0 Å². The molecular weight excluding hydrogens is 170 g/mol. The Morgan fingerprint density at radius 2 is 1.62 bits per heavy atom. The first-order chi connectivity index (χ1) is 5.93. The van der Waals surface area contributed by atoms with Crippen LogP contribution in [0.2, 0.25) is 0 Å². The van der Waals surface area contributed by atoms with Gasteiger partial charge in [0.25, 0.3) is 0 Å². The molecule has 0 saturated heterocycles. The van der Waals surface area contributed by atoms with Gasteiger partial charge in [-0.1, -0.05) is 33.6 Å². The molecule has 0 aromatic carbocycles. The summed E-state index contributed by atoms with van der Waals surface area (Å²) in [6.07, 6.45) is 1.70. The summed E-state index contributed by atoms with van der Waals surface area (Å²) in [5.41, 5.74) is 0.0432. The predicted octanol–water partition coefficient (Wildman–Crippen LogP) is 4.10. The summed E-state index contributed by atoms with van der Waals surface area (Å²) < 4.78 is 25.4. The molecule has 1 fully saturated rings. The van der Waals surface area contributed by atoms with Gasteiger partial charge in [-0.15, -0.1) is 0 Å². The van der Waals surface area contributed by atoms with E-state index in [1.54, 1.807) is 0 Å². The molecule has 0 nitrogen and oxygen atoms in total. The van der Waals surface area contributed by atoms with E-state index in [9.17, 15) is 8.78 Å². The van der Waals surface area contributed by atoms with Crippen LogP contribution in [0.4, 0.5) is 8.78 Å². The monoisotopic (exact) mass is 190 g/mol. The fraction of sp³-hybridized carbons (Fsp3) is 1.00. The van der Waals surface area contributed by atoms with Crippen LogP contribution in [0.5, 0.6) is 0 Å². The Hall–Kier alpha value is -0.140. The lowest BCUT2D eigenvalue weighted by molar-refractivity contribution is -0.0176.